The third kappa shape index (κ3) is 2.05. The molecular formula is C13H22N2O2. The number of amides is 2. The van der Waals surface area contributed by atoms with Crippen molar-refractivity contribution < 1.29 is 9.59 Å². The van der Waals surface area contributed by atoms with E-state index in [0.29, 0.717) is 0 Å². The van der Waals surface area contributed by atoms with Gasteiger partial charge in [-0.25, -0.2) is 0 Å². The van der Waals surface area contributed by atoms with Gasteiger partial charge in [0, 0.05) is 24.9 Å². The van der Waals surface area contributed by atoms with Gasteiger partial charge in [0.25, 0.3) is 0 Å². The van der Waals surface area contributed by atoms with E-state index in [1.807, 2.05) is 37.5 Å². The van der Waals surface area contributed by atoms with Crippen LogP contribution in [0.3, 0.4) is 0 Å². The Labute approximate surface area is 103 Å². The Morgan fingerprint density at radius 2 is 1.24 bits per heavy atom. The molecule has 2 fully saturated rings. The SMILES string of the molecule is CC(C)C(=O)N1CC2CC1CN2C(=O)C(C)C. The summed E-state index contributed by atoms with van der Waals surface area (Å²) >= 11 is 0. The zero-order chi connectivity index (χ0) is 12.7. The summed E-state index contributed by atoms with van der Waals surface area (Å²) in [4.78, 5) is 27.9. The van der Waals surface area contributed by atoms with Crippen LogP contribution in [-0.2, 0) is 9.59 Å². The molecule has 2 saturated heterocycles. The largest absolute Gasteiger partial charge is 0.336 e. The molecule has 2 bridgehead atoms. The van der Waals surface area contributed by atoms with Gasteiger partial charge in [0.1, 0.15) is 0 Å². The number of rotatable bonds is 2. The lowest BCUT2D eigenvalue weighted by Crippen LogP contribution is -2.52. The maximum atomic E-state index is 12.0. The molecule has 0 aliphatic carbocycles. The van der Waals surface area contributed by atoms with Gasteiger partial charge in [-0.15, -0.1) is 0 Å². The highest BCUT2D eigenvalue weighted by Gasteiger charge is 2.47. The summed E-state index contributed by atoms with van der Waals surface area (Å²) in [5.74, 6) is 0.579. The van der Waals surface area contributed by atoms with E-state index in [0.717, 1.165) is 19.5 Å². The van der Waals surface area contributed by atoms with Crippen molar-refractivity contribution in [2.75, 3.05) is 13.1 Å². The van der Waals surface area contributed by atoms with Gasteiger partial charge in [-0.3, -0.25) is 9.59 Å². The number of likely N-dealkylation sites (tertiary alicyclic amines) is 2. The lowest BCUT2D eigenvalue weighted by Gasteiger charge is -2.35. The van der Waals surface area contributed by atoms with Crippen LogP contribution in [0.15, 0.2) is 0 Å². The van der Waals surface area contributed by atoms with Crippen molar-refractivity contribution in [1.82, 2.24) is 9.80 Å². The van der Waals surface area contributed by atoms with Crippen LogP contribution < -0.4 is 0 Å². The Kier molecular flexibility index (Phi) is 3.15. The highest BCUT2D eigenvalue weighted by molar-refractivity contribution is 5.82. The molecule has 0 saturated carbocycles. The number of hydrogen-bond donors (Lipinski definition) is 0. The molecule has 2 atom stereocenters. The van der Waals surface area contributed by atoms with Crippen LogP contribution in [-0.4, -0.2) is 46.8 Å². The van der Waals surface area contributed by atoms with E-state index in [1.54, 1.807) is 0 Å². The van der Waals surface area contributed by atoms with E-state index in [9.17, 15) is 9.59 Å². The zero-order valence-corrected chi connectivity index (χ0v) is 11.1. The van der Waals surface area contributed by atoms with Crippen molar-refractivity contribution in [2.24, 2.45) is 11.8 Å². The predicted octanol–water partition coefficient (Wildman–Crippen LogP) is 1.11. The molecule has 2 unspecified atom stereocenters. The Hall–Kier alpha value is -1.06. The van der Waals surface area contributed by atoms with Crippen molar-refractivity contribution in [2.45, 2.75) is 46.2 Å². The summed E-state index contributed by atoms with van der Waals surface area (Å²) in [5.41, 5.74) is 0. The van der Waals surface area contributed by atoms with E-state index in [-0.39, 0.29) is 35.7 Å². The molecule has 0 N–H and O–H groups in total. The lowest BCUT2D eigenvalue weighted by atomic mass is 10.1. The van der Waals surface area contributed by atoms with Gasteiger partial charge in [0.15, 0.2) is 0 Å². The highest BCUT2D eigenvalue weighted by Crippen LogP contribution is 2.32. The average molecular weight is 238 g/mol. The molecular weight excluding hydrogens is 216 g/mol. The second-order valence-electron chi connectivity index (χ2n) is 5.83. The van der Waals surface area contributed by atoms with Crippen LogP contribution in [0, 0.1) is 11.8 Å². The van der Waals surface area contributed by atoms with Gasteiger partial charge in [-0.05, 0) is 6.42 Å². The maximum absolute atomic E-state index is 12.0. The molecule has 2 rings (SSSR count). The minimum atomic E-state index is 0.0589. The summed E-state index contributed by atoms with van der Waals surface area (Å²) in [5, 5.41) is 0. The Morgan fingerprint density at radius 3 is 1.47 bits per heavy atom. The lowest BCUT2D eigenvalue weighted by molar-refractivity contribution is -0.143. The van der Waals surface area contributed by atoms with Crippen LogP contribution in [0.4, 0.5) is 0 Å². The van der Waals surface area contributed by atoms with Crippen molar-refractivity contribution in [3.63, 3.8) is 0 Å². The molecule has 17 heavy (non-hydrogen) atoms. The zero-order valence-electron chi connectivity index (χ0n) is 11.1. The first-order valence-electron chi connectivity index (χ1n) is 6.52. The van der Waals surface area contributed by atoms with Crippen LogP contribution in [0.25, 0.3) is 0 Å². The molecule has 2 heterocycles. The van der Waals surface area contributed by atoms with E-state index in [4.69, 9.17) is 0 Å². The fourth-order valence-electron chi connectivity index (χ4n) is 2.87. The van der Waals surface area contributed by atoms with Gasteiger partial charge in [0.05, 0.1) is 12.1 Å². The van der Waals surface area contributed by atoms with Crippen LogP contribution in [0.1, 0.15) is 34.1 Å². The van der Waals surface area contributed by atoms with E-state index in [1.165, 1.54) is 0 Å². The second-order valence-corrected chi connectivity index (χ2v) is 5.83. The fourth-order valence-corrected chi connectivity index (χ4v) is 2.87. The number of carbonyl (C=O) groups is 2. The third-order valence-electron chi connectivity index (χ3n) is 3.79. The topological polar surface area (TPSA) is 40.6 Å². The Balaban J connectivity index is 2.01. The number of hydrogen-bond acceptors (Lipinski definition) is 2. The number of carbonyl (C=O) groups excluding carboxylic acids is 2. The Morgan fingerprint density at radius 1 is 0.882 bits per heavy atom. The second kappa shape index (κ2) is 4.31. The van der Waals surface area contributed by atoms with Crippen molar-refractivity contribution in [3.8, 4) is 0 Å². The average Bonchev–Trinajstić information content (AvgIpc) is 2.85. The maximum Gasteiger partial charge on any atom is 0.225 e. The minimum Gasteiger partial charge on any atom is -0.336 e. The molecule has 0 spiro atoms. The monoisotopic (exact) mass is 238 g/mol. The van der Waals surface area contributed by atoms with Gasteiger partial charge in [-0.2, -0.15) is 0 Å². The van der Waals surface area contributed by atoms with Gasteiger partial charge >= 0.3 is 0 Å². The van der Waals surface area contributed by atoms with E-state index >= 15 is 0 Å². The summed E-state index contributed by atoms with van der Waals surface area (Å²) in [6, 6.07) is 0.523. The molecule has 0 radical (unpaired) electrons. The van der Waals surface area contributed by atoms with Crippen molar-refractivity contribution >= 4 is 11.8 Å². The van der Waals surface area contributed by atoms with Crippen LogP contribution in [0.2, 0.25) is 0 Å². The van der Waals surface area contributed by atoms with Gasteiger partial charge in [-0.1, -0.05) is 27.7 Å². The standard InChI is InChI=1S/C13H22N2O2/c1-8(2)12(16)14-6-11-5-10(14)7-15(11)13(17)9(3)4/h8-11H,5-7H2,1-4H3. The van der Waals surface area contributed by atoms with Crippen LogP contribution >= 0.6 is 0 Å². The molecule has 0 aromatic rings. The molecule has 96 valence electrons. The minimum absolute atomic E-state index is 0.0589. The van der Waals surface area contributed by atoms with E-state index in [2.05, 4.69) is 0 Å². The third-order valence-corrected chi connectivity index (χ3v) is 3.79. The molecule has 4 heteroatoms. The van der Waals surface area contributed by atoms with E-state index < -0.39 is 0 Å². The van der Waals surface area contributed by atoms with Gasteiger partial charge in [0.2, 0.25) is 11.8 Å². The summed E-state index contributed by atoms with van der Waals surface area (Å²) in [7, 11) is 0. The predicted molar refractivity (Wildman–Crippen MR) is 65.3 cm³/mol. The number of piperazine rings is 1. The molecule has 4 nitrogen and oxygen atoms in total. The molecule has 0 aromatic carbocycles. The first-order chi connectivity index (χ1) is 7.91. The highest BCUT2D eigenvalue weighted by atomic mass is 16.2. The van der Waals surface area contributed by atoms with Gasteiger partial charge < -0.3 is 9.80 Å². The number of fused-ring (bicyclic) bond motifs is 2. The van der Waals surface area contributed by atoms with Crippen LogP contribution in [0.5, 0.6) is 0 Å². The summed E-state index contributed by atoms with van der Waals surface area (Å²) < 4.78 is 0. The first-order valence-corrected chi connectivity index (χ1v) is 6.52. The molecule has 2 amide bonds. The molecule has 2 aliphatic heterocycles. The quantitative estimate of drug-likeness (QED) is 0.723. The summed E-state index contributed by atoms with van der Waals surface area (Å²) in [6.45, 7) is 9.22. The van der Waals surface area contributed by atoms with Crippen molar-refractivity contribution in [3.05, 3.63) is 0 Å². The summed E-state index contributed by atoms with van der Waals surface area (Å²) in [6.07, 6.45) is 0.969. The number of nitrogens with zero attached hydrogens (tertiary/aromatic N) is 2. The van der Waals surface area contributed by atoms with Crippen molar-refractivity contribution in [1.29, 1.82) is 0 Å². The first kappa shape index (κ1) is 12.4. The smallest absolute Gasteiger partial charge is 0.225 e. The molecule has 2 aliphatic rings. The fraction of sp³-hybridized carbons (Fsp3) is 0.846. The Bertz CT molecular complexity index is 306. The molecule has 0 aromatic heterocycles. The normalized spacial score (nSPS) is 27.4.